The molecule has 116 valence electrons. The second-order valence-corrected chi connectivity index (χ2v) is 5.89. The maximum atomic E-state index is 12.0. The standard InChI is InChI=1S/C11H16N4O5S/c1-2-5-13-11(16)7-14-21(19,20)10-6-8(15(17)18)3-4-9(10)12/h3-4,6,14H,2,5,7,12H2,1H3,(H,13,16). The van der Waals surface area contributed by atoms with Gasteiger partial charge in [-0.05, 0) is 12.5 Å². The summed E-state index contributed by atoms with van der Waals surface area (Å²) >= 11 is 0. The molecular weight excluding hydrogens is 300 g/mol. The molecule has 1 aromatic carbocycles. The first-order valence-corrected chi connectivity index (χ1v) is 7.56. The normalized spacial score (nSPS) is 11.1. The van der Waals surface area contributed by atoms with Gasteiger partial charge in [0.15, 0.2) is 0 Å². The van der Waals surface area contributed by atoms with Crippen molar-refractivity contribution in [1.82, 2.24) is 10.0 Å². The number of benzene rings is 1. The fourth-order valence-corrected chi connectivity index (χ4v) is 2.57. The number of carbonyl (C=O) groups excluding carboxylic acids is 1. The molecule has 10 heteroatoms. The summed E-state index contributed by atoms with van der Waals surface area (Å²) < 4.78 is 26.1. The number of nitro groups is 1. The number of amides is 1. The van der Waals surface area contributed by atoms with Crippen LogP contribution in [0.1, 0.15) is 13.3 Å². The van der Waals surface area contributed by atoms with Crippen molar-refractivity contribution < 1.29 is 18.1 Å². The second kappa shape index (κ2) is 6.99. The smallest absolute Gasteiger partial charge is 0.270 e. The SMILES string of the molecule is CCCNC(=O)CNS(=O)(=O)c1cc([N+](=O)[O-])ccc1N. The number of nitro benzene ring substituents is 1. The molecule has 0 saturated heterocycles. The molecule has 4 N–H and O–H groups in total. The van der Waals surface area contributed by atoms with Crippen molar-refractivity contribution in [2.45, 2.75) is 18.2 Å². The van der Waals surface area contributed by atoms with Crippen molar-refractivity contribution in [2.24, 2.45) is 0 Å². The molecular formula is C11H16N4O5S. The third kappa shape index (κ3) is 4.68. The molecule has 0 saturated carbocycles. The van der Waals surface area contributed by atoms with Crippen molar-refractivity contribution in [2.75, 3.05) is 18.8 Å². The lowest BCUT2D eigenvalue weighted by Crippen LogP contribution is -2.37. The molecule has 0 aliphatic carbocycles. The molecule has 0 aliphatic rings. The van der Waals surface area contributed by atoms with Crippen molar-refractivity contribution in [3.8, 4) is 0 Å². The van der Waals surface area contributed by atoms with Gasteiger partial charge in [0, 0.05) is 18.7 Å². The number of rotatable bonds is 7. The average molecular weight is 316 g/mol. The van der Waals surface area contributed by atoms with Crippen molar-refractivity contribution in [3.63, 3.8) is 0 Å². The molecule has 0 aromatic heterocycles. The van der Waals surface area contributed by atoms with Gasteiger partial charge in [-0.2, -0.15) is 0 Å². The Balaban J connectivity index is 2.90. The minimum absolute atomic E-state index is 0.137. The third-order valence-corrected chi connectivity index (χ3v) is 3.95. The first-order chi connectivity index (χ1) is 9.77. The fourth-order valence-electron chi connectivity index (χ4n) is 1.43. The maximum Gasteiger partial charge on any atom is 0.270 e. The lowest BCUT2D eigenvalue weighted by Gasteiger charge is -2.09. The molecule has 0 bridgehead atoms. The summed E-state index contributed by atoms with van der Waals surface area (Å²) in [4.78, 5) is 20.9. The number of nitrogens with two attached hydrogens (primary N) is 1. The predicted octanol–water partition coefficient (Wildman–Crippen LogP) is -0.0185. The molecule has 21 heavy (non-hydrogen) atoms. The van der Waals surface area contributed by atoms with Crippen LogP contribution in [0.2, 0.25) is 0 Å². The number of nitrogens with zero attached hydrogens (tertiary/aromatic N) is 1. The zero-order valence-electron chi connectivity index (χ0n) is 11.3. The lowest BCUT2D eigenvalue weighted by atomic mass is 10.3. The zero-order chi connectivity index (χ0) is 16.0. The number of nitrogen functional groups attached to an aromatic ring is 1. The summed E-state index contributed by atoms with van der Waals surface area (Å²) in [6, 6.07) is 3.08. The molecule has 0 spiro atoms. The Morgan fingerprint density at radius 2 is 2.10 bits per heavy atom. The number of carbonyl (C=O) groups is 1. The molecule has 0 unspecified atom stereocenters. The number of non-ortho nitro benzene ring substituents is 1. The Kier molecular flexibility index (Phi) is 5.61. The minimum atomic E-state index is -4.11. The fraction of sp³-hybridized carbons (Fsp3) is 0.364. The van der Waals surface area contributed by atoms with Crippen molar-refractivity contribution in [3.05, 3.63) is 28.3 Å². The summed E-state index contributed by atoms with van der Waals surface area (Å²) in [5.41, 5.74) is 4.98. The highest BCUT2D eigenvalue weighted by Gasteiger charge is 2.21. The van der Waals surface area contributed by atoms with E-state index < -0.39 is 38.0 Å². The van der Waals surface area contributed by atoms with Crippen LogP contribution in [0.3, 0.4) is 0 Å². The Hall–Kier alpha value is -2.20. The Morgan fingerprint density at radius 1 is 1.43 bits per heavy atom. The molecule has 1 rings (SSSR count). The van der Waals surface area contributed by atoms with Gasteiger partial charge in [0.1, 0.15) is 4.90 Å². The zero-order valence-corrected chi connectivity index (χ0v) is 12.1. The molecule has 0 aliphatic heterocycles. The van der Waals surface area contributed by atoms with E-state index in [2.05, 4.69) is 5.32 Å². The summed E-state index contributed by atoms with van der Waals surface area (Å²) in [7, 11) is -4.11. The van der Waals surface area contributed by atoms with Gasteiger partial charge in [-0.1, -0.05) is 6.92 Å². The number of nitrogens with one attached hydrogen (secondary N) is 2. The van der Waals surface area contributed by atoms with Crippen LogP contribution in [0.4, 0.5) is 11.4 Å². The molecule has 1 amide bonds. The van der Waals surface area contributed by atoms with Crippen LogP contribution in [0, 0.1) is 10.1 Å². The van der Waals surface area contributed by atoms with E-state index in [4.69, 9.17) is 5.73 Å². The quantitative estimate of drug-likeness (QED) is 0.366. The van der Waals surface area contributed by atoms with Crippen LogP contribution < -0.4 is 15.8 Å². The summed E-state index contributed by atoms with van der Waals surface area (Å²) in [5, 5.41) is 13.2. The van der Waals surface area contributed by atoms with Gasteiger partial charge in [-0.3, -0.25) is 14.9 Å². The molecule has 0 fully saturated rings. The highest BCUT2D eigenvalue weighted by atomic mass is 32.2. The number of hydrogen-bond acceptors (Lipinski definition) is 6. The van der Waals surface area contributed by atoms with E-state index in [1.165, 1.54) is 0 Å². The molecule has 1 aromatic rings. The molecule has 0 heterocycles. The molecule has 9 nitrogen and oxygen atoms in total. The third-order valence-electron chi connectivity index (χ3n) is 2.49. The van der Waals surface area contributed by atoms with Crippen LogP contribution in [-0.2, 0) is 14.8 Å². The average Bonchev–Trinajstić information content (AvgIpc) is 2.43. The number of sulfonamides is 1. The van der Waals surface area contributed by atoms with Crippen LogP contribution in [0.25, 0.3) is 0 Å². The van der Waals surface area contributed by atoms with Gasteiger partial charge in [0.05, 0.1) is 17.2 Å². The lowest BCUT2D eigenvalue weighted by molar-refractivity contribution is -0.385. The molecule has 0 radical (unpaired) electrons. The first-order valence-electron chi connectivity index (χ1n) is 6.08. The van der Waals surface area contributed by atoms with Crippen LogP contribution in [-0.4, -0.2) is 32.3 Å². The van der Waals surface area contributed by atoms with E-state index in [1.807, 2.05) is 11.6 Å². The van der Waals surface area contributed by atoms with Crippen LogP contribution >= 0.6 is 0 Å². The largest absolute Gasteiger partial charge is 0.398 e. The van der Waals surface area contributed by atoms with E-state index in [9.17, 15) is 23.3 Å². The Bertz CT molecular complexity index is 644. The van der Waals surface area contributed by atoms with Gasteiger partial charge in [-0.15, -0.1) is 0 Å². The van der Waals surface area contributed by atoms with Gasteiger partial charge in [0.25, 0.3) is 5.69 Å². The van der Waals surface area contributed by atoms with E-state index in [0.717, 1.165) is 24.6 Å². The highest BCUT2D eigenvalue weighted by molar-refractivity contribution is 7.89. The van der Waals surface area contributed by atoms with Gasteiger partial charge < -0.3 is 11.1 Å². The summed E-state index contributed by atoms with van der Waals surface area (Å²) in [6.45, 7) is 1.82. The summed E-state index contributed by atoms with van der Waals surface area (Å²) in [5.74, 6) is -0.496. The van der Waals surface area contributed by atoms with E-state index >= 15 is 0 Å². The van der Waals surface area contributed by atoms with Crippen molar-refractivity contribution >= 4 is 27.3 Å². The molecule has 0 atom stereocenters. The topological polar surface area (TPSA) is 144 Å². The van der Waals surface area contributed by atoms with Crippen LogP contribution in [0.15, 0.2) is 23.1 Å². The van der Waals surface area contributed by atoms with Gasteiger partial charge in [0.2, 0.25) is 15.9 Å². The minimum Gasteiger partial charge on any atom is -0.398 e. The van der Waals surface area contributed by atoms with Gasteiger partial charge in [-0.25, -0.2) is 13.1 Å². The number of anilines is 1. The Labute approximate surface area is 121 Å². The van der Waals surface area contributed by atoms with E-state index in [0.29, 0.717) is 6.54 Å². The second-order valence-electron chi connectivity index (χ2n) is 4.15. The monoisotopic (exact) mass is 316 g/mol. The number of hydrogen-bond donors (Lipinski definition) is 3. The van der Waals surface area contributed by atoms with Crippen LogP contribution in [0.5, 0.6) is 0 Å². The first kappa shape index (κ1) is 16.9. The van der Waals surface area contributed by atoms with E-state index in [-0.39, 0.29) is 5.69 Å². The highest BCUT2D eigenvalue weighted by Crippen LogP contribution is 2.23. The predicted molar refractivity (Wildman–Crippen MR) is 76.0 cm³/mol. The Morgan fingerprint density at radius 3 is 2.67 bits per heavy atom. The summed E-state index contributed by atoms with van der Waals surface area (Å²) in [6.07, 6.45) is 0.719. The maximum absolute atomic E-state index is 12.0. The van der Waals surface area contributed by atoms with Gasteiger partial charge >= 0.3 is 0 Å². The van der Waals surface area contributed by atoms with E-state index in [1.54, 1.807) is 0 Å². The van der Waals surface area contributed by atoms with Crippen molar-refractivity contribution in [1.29, 1.82) is 0 Å².